The molecule has 2 aromatic rings. The van der Waals surface area contributed by atoms with E-state index >= 15 is 0 Å². The zero-order valence-corrected chi connectivity index (χ0v) is 10.2. The molecule has 5 nitrogen and oxygen atoms in total. The number of nitrogens with one attached hydrogen (secondary N) is 1. The van der Waals surface area contributed by atoms with Crippen molar-refractivity contribution in [3.63, 3.8) is 0 Å². The van der Waals surface area contributed by atoms with Gasteiger partial charge in [-0.2, -0.15) is 0 Å². The minimum absolute atomic E-state index is 0.180. The van der Waals surface area contributed by atoms with Crippen LogP contribution in [0.1, 0.15) is 0 Å². The van der Waals surface area contributed by atoms with Crippen molar-refractivity contribution in [2.45, 2.75) is 10.3 Å². The maximum Gasteiger partial charge on any atom is 0.279 e. The fourth-order valence-corrected chi connectivity index (χ4v) is 2.23. The number of aromatic amines is 1. The molecule has 0 fully saturated rings. The van der Waals surface area contributed by atoms with E-state index in [1.807, 2.05) is 24.1 Å². The van der Waals surface area contributed by atoms with Crippen molar-refractivity contribution in [1.29, 1.82) is 0 Å². The molecule has 2 heterocycles. The smallest absolute Gasteiger partial charge is 0.279 e. The number of rotatable bonds is 2. The molecular formula is C8H10N4OS2. The summed E-state index contributed by atoms with van der Waals surface area (Å²) in [6.07, 6.45) is 3.79. The number of hydrogen-bond donors (Lipinski definition) is 1. The molecule has 1 N–H and O–H groups in total. The number of thioether (sulfide) groups is 2. The molecule has 0 aliphatic rings. The number of nitrogens with zero attached hydrogens (tertiary/aromatic N) is 3. The highest BCUT2D eigenvalue weighted by Gasteiger charge is 2.12. The second-order valence-electron chi connectivity index (χ2n) is 2.90. The Morgan fingerprint density at radius 2 is 2.00 bits per heavy atom. The van der Waals surface area contributed by atoms with Crippen molar-refractivity contribution in [1.82, 2.24) is 19.5 Å². The molecule has 0 aliphatic heterocycles. The largest absolute Gasteiger partial charge is 0.307 e. The molecular weight excluding hydrogens is 232 g/mol. The minimum atomic E-state index is -0.180. The molecule has 15 heavy (non-hydrogen) atoms. The van der Waals surface area contributed by atoms with Crippen molar-refractivity contribution in [2.24, 2.45) is 7.05 Å². The molecule has 0 amide bonds. The van der Waals surface area contributed by atoms with Gasteiger partial charge >= 0.3 is 0 Å². The topological polar surface area (TPSA) is 63.6 Å². The summed E-state index contributed by atoms with van der Waals surface area (Å²) in [6, 6.07) is 0. The fraction of sp³-hybridized carbons (Fsp3) is 0.375. The van der Waals surface area contributed by atoms with E-state index in [2.05, 4.69) is 15.0 Å². The first-order chi connectivity index (χ1) is 7.17. The van der Waals surface area contributed by atoms with Gasteiger partial charge < -0.3 is 4.57 Å². The number of aryl methyl sites for hydroxylation is 1. The third-order valence-electron chi connectivity index (χ3n) is 2.04. The molecule has 0 spiro atoms. The second-order valence-corrected chi connectivity index (χ2v) is 4.47. The summed E-state index contributed by atoms with van der Waals surface area (Å²) < 4.78 is 1.83. The lowest BCUT2D eigenvalue weighted by Crippen LogP contribution is -2.09. The minimum Gasteiger partial charge on any atom is -0.307 e. The lowest BCUT2D eigenvalue weighted by molar-refractivity contribution is 0.800. The molecule has 7 heteroatoms. The van der Waals surface area contributed by atoms with Crippen LogP contribution in [0.3, 0.4) is 0 Å². The molecule has 0 unspecified atom stereocenters. The Hall–Kier alpha value is -0.950. The van der Waals surface area contributed by atoms with Gasteiger partial charge in [0.2, 0.25) is 0 Å². The van der Waals surface area contributed by atoms with Gasteiger partial charge in [-0.25, -0.2) is 9.97 Å². The van der Waals surface area contributed by atoms with Crippen molar-refractivity contribution in [2.75, 3.05) is 12.5 Å². The maximum atomic E-state index is 11.6. The molecule has 80 valence electrons. The lowest BCUT2D eigenvalue weighted by Gasteiger charge is -1.98. The number of aromatic nitrogens is 4. The van der Waals surface area contributed by atoms with E-state index in [0.29, 0.717) is 16.3 Å². The van der Waals surface area contributed by atoms with E-state index in [1.54, 1.807) is 0 Å². The third kappa shape index (κ3) is 1.65. The molecule has 2 rings (SSSR count). The monoisotopic (exact) mass is 242 g/mol. The van der Waals surface area contributed by atoms with E-state index in [0.717, 1.165) is 5.16 Å². The summed E-state index contributed by atoms with van der Waals surface area (Å²) in [4.78, 5) is 22.9. The summed E-state index contributed by atoms with van der Waals surface area (Å²) in [6.45, 7) is 0. The van der Waals surface area contributed by atoms with Crippen LogP contribution in [0.2, 0.25) is 0 Å². The van der Waals surface area contributed by atoms with Gasteiger partial charge in [0.25, 0.3) is 5.56 Å². The Balaban J connectivity index is 2.83. The fourth-order valence-electron chi connectivity index (χ4n) is 1.31. The van der Waals surface area contributed by atoms with E-state index in [4.69, 9.17) is 0 Å². The Morgan fingerprint density at radius 1 is 1.27 bits per heavy atom. The molecule has 0 saturated carbocycles. The van der Waals surface area contributed by atoms with Crippen LogP contribution in [0.25, 0.3) is 11.2 Å². The van der Waals surface area contributed by atoms with Crippen LogP contribution in [-0.2, 0) is 7.05 Å². The van der Waals surface area contributed by atoms with E-state index in [9.17, 15) is 4.79 Å². The number of H-pyrrole nitrogens is 1. The molecule has 2 aromatic heterocycles. The van der Waals surface area contributed by atoms with Gasteiger partial charge in [0, 0.05) is 7.05 Å². The Bertz CT molecular complexity index is 560. The van der Waals surface area contributed by atoms with Crippen molar-refractivity contribution in [3.05, 3.63) is 10.4 Å². The van der Waals surface area contributed by atoms with Crippen LogP contribution in [0, 0.1) is 0 Å². The summed E-state index contributed by atoms with van der Waals surface area (Å²) in [7, 11) is 1.86. The zero-order chi connectivity index (χ0) is 11.0. The normalized spacial score (nSPS) is 11.1. The average Bonchev–Trinajstić information content (AvgIpc) is 2.56. The Labute approximate surface area is 94.7 Å². The van der Waals surface area contributed by atoms with Gasteiger partial charge in [0.15, 0.2) is 21.5 Å². The highest BCUT2D eigenvalue weighted by Crippen LogP contribution is 2.18. The molecule has 0 radical (unpaired) electrons. The summed E-state index contributed by atoms with van der Waals surface area (Å²) in [5.74, 6) is 0. The quantitative estimate of drug-likeness (QED) is 0.631. The summed E-state index contributed by atoms with van der Waals surface area (Å²) >= 11 is 2.90. The SMILES string of the molecule is CSc1nc2c(nc(SC)n2C)c(=O)[nH]1. The van der Waals surface area contributed by atoms with E-state index in [-0.39, 0.29) is 5.56 Å². The van der Waals surface area contributed by atoms with Crippen LogP contribution < -0.4 is 5.56 Å². The highest BCUT2D eigenvalue weighted by atomic mass is 32.2. The highest BCUT2D eigenvalue weighted by molar-refractivity contribution is 7.98. The molecule has 0 aromatic carbocycles. The molecule has 0 saturated heterocycles. The molecule has 0 aliphatic carbocycles. The molecule has 0 bridgehead atoms. The Kier molecular flexibility index (Phi) is 2.74. The zero-order valence-electron chi connectivity index (χ0n) is 8.57. The van der Waals surface area contributed by atoms with Gasteiger partial charge in [-0.05, 0) is 12.5 Å². The van der Waals surface area contributed by atoms with Crippen molar-refractivity contribution < 1.29 is 0 Å². The third-order valence-corrected chi connectivity index (χ3v) is 3.35. The van der Waals surface area contributed by atoms with E-state index in [1.165, 1.54) is 23.5 Å². The molecule has 0 atom stereocenters. The van der Waals surface area contributed by atoms with Crippen LogP contribution in [-0.4, -0.2) is 32.0 Å². The summed E-state index contributed by atoms with van der Waals surface area (Å²) in [5, 5.41) is 1.41. The van der Waals surface area contributed by atoms with Crippen LogP contribution >= 0.6 is 23.5 Å². The first kappa shape index (κ1) is 10.6. The lowest BCUT2D eigenvalue weighted by atomic mass is 10.5. The van der Waals surface area contributed by atoms with Gasteiger partial charge in [0.05, 0.1) is 0 Å². The second kappa shape index (κ2) is 3.90. The average molecular weight is 242 g/mol. The van der Waals surface area contributed by atoms with Crippen LogP contribution in [0.15, 0.2) is 15.1 Å². The number of fused-ring (bicyclic) bond motifs is 1. The standard InChI is InChI=1S/C8H10N4OS2/c1-12-5-4(9-8(12)15-3)6(13)11-7(10-5)14-2/h1-3H3,(H,10,11,13). The van der Waals surface area contributed by atoms with Crippen LogP contribution in [0.5, 0.6) is 0 Å². The van der Waals surface area contributed by atoms with Crippen LogP contribution in [0.4, 0.5) is 0 Å². The van der Waals surface area contributed by atoms with E-state index < -0.39 is 0 Å². The van der Waals surface area contributed by atoms with Gasteiger partial charge in [-0.1, -0.05) is 23.5 Å². The maximum absolute atomic E-state index is 11.6. The summed E-state index contributed by atoms with van der Waals surface area (Å²) in [5.41, 5.74) is 0.854. The van der Waals surface area contributed by atoms with Crippen molar-refractivity contribution in [3.8, 4) is 0 Å². The number of imidazole rings is 1. The predicted octanol–water partition coefficient (Wildman–Crippen LogP) is 1.10. The van der Waals surface area contributed by atoms with Gasteiger partial charge in [0.1, 0.15) is 0 Å². The first-order valence-corrected chi connectivity index (χ1v) is 6.67. The Morgan fingerprint density at radius 3 is 2.60 bits per heavy atom. The van der Waals surface area contributed by atoms with Gasteiger partial charge in [-0.15, -0.1) is 0 Å². The van der Waals surface area contributed by atoms with Gasteiger partial charge in [-0.3, -0.25) is 9.78 Å². The first-order valence-electron chi connectivity index (χ1n) is 4.22. The number of hydrogen-bond acceptors (Lipinski definition) is 5. The van der Waals surface area contributed by atoms with Crippen molar-refractivity contribution >= 4 is 34.7 Å². The predicted molar refractivity (Wildman–Crippen MR) is 62.7 cm³/mol.